The summed E-state index contributed by atoms with van der Waals surface area (Å²) in [4.78, 5) is 0. The summed E-state index contributed by atoms with van der Waals surface area (Å²) in [5, 5.41) is 18.0. The van der Waals surface area contributed by atoms with E-state index in [1.807, 2.05) is 48.5 Å². The van der Waals surface area contributed by atoms with E-state index in [0.29, 0.717) is 11.1 Å². The zero-order valence-corrected chi connectivity index (χ0v) is 19.5. The van der Waals surface area contributed by atoms with Gasteiger partial charge in [0.05, 0.1) is 23.3 Å². The second-order valence-electron chi connectivity index (χ2n) is 8.09. The third-order valence-corrected chi connectivity index (χ3v) is 5.64. The molecule has 0 fully saturated rings. The van der Waals surface area contributed by atoms with Gasteiger partial charge in [-0.1, -0.05) is 60.7 Å². The van der Waals surface area contributed by atoms with Gasteiger partial charge in [0.2, 0.25) is 0 Å². The number of hydrogen-bond acceptors (Lipinski definition) is 4. The van der Waals surface area contributed by atoms with E-state index in [4.69, 9.17) is 10.5 Å². The third-order valence-electron chi connectivity index (χ3n) is 5.64. The highest BCUT2D eigenvalue weighted by molar-refractivity contribution is 5.69. The summed E-state index contributed by atoms with van der Waals surface area (Å²) in [5.41, 5.74) is 20.3. The molecule has 168 valence electrons. The first kappa shape index (κ1) is 24.4. The number of nitrogens with two attached hydrogens (primary N) is 2. The van der Waals surface area contributed by atoms with Gasteiger partial charge >= 0.3 is 0 Å². The molecule has 0 amide bonds. The first-order valence-corrected chi connectivity index (χ1v) is 11.1. The number of aryl methyl sites for hydroxylation is 2. The Hall–Kier alpha value is -4.22. The maximum atomic E-state index is 8.99. The first-order valence-electron chi connectivity index (χ1n) is 11.1. The van der Waals surface area contributed by atoms with Crippen molar-refractivity contribution in [1.82, 2.24) is 0 Å². The lowest BCUT2D eigenvalue weighted by Crippen LogP contribution is -2.08. The zero-order chi connectivity index (χ0) is 24.5. The van der Waals surface area contributed by atoms with Crippen LogP contribution < -0.4 is 11.5 Å². The van der Waals surface area contributed by atoms with Crippen molar-refractivity contribution in [2.45, 2.75) is 20.3 Å². The summed E-state index contributed by atoms with van der Waals surface area (Å²) in [7, 11) is 0. The number of nitriles is 2. The van der Waals surface area contributed by atoms with Crippen LogP contribution >= 0.6 is 0 Å². The molecule has 0 aliphatic rings. The molecule has 0 spiro atoms. The lowest BCUT2D eigenvalue weighted by molar-refractivity contribution is 1.07. The van der Waals surface area contributed by atoms with E-state index in [-0.39, 0.29) is 6.67 Å². The molecule has 0 aromatic heterocycles. The Kier molecular flexibility index (Phi) is 8.32. The predicted molar refractivity (Wildman–Crippen MR) is 139 cm³/mol. The Balaban J connectivity index is 0.00000103. The summed E-state index contributed by atoms with van der Waals surface area (Å²) in [5.74, 6) is 0. The van der Waals surface area contributed by atoms with E-state index in [2.05, 4.69) is 73.9 Å². The number of benzene rings is 4. The molecule has 0 saturated heterocycles. The van der Waals surface area contributed by atoms with Crippen LogP contribution in [0.5, 0.6) is 0 Å². The van der Waals surface area contributed by atoms with Crippen molar-refractivity contribution in [2.24, 2.45) is 11.5 Å². The van der Waals surface area contributed by atoms with Gasteiger partial charge in [0, 0.05) is 6.67 Å². The highest BCUT2D eigenvalue weighted by Crippen LogP contribution is 2.28. The molecule has 4 nitrogen and oxygen atoms in total. The molecular formula is C30H28N4. The normalized spacial score (nSPS) is 9.94. The second-order valence-corrected chi connectivity index (χ2v) is 8.09. The minimum atomic E-state index is 0.250. The van der Waals surface area contributed by atoms with Crippen molar-refractivity contribution in [3.63, 3.8) is 0 Å². The van der Waals surface area contributed by atoms with Gasteiger partial charge in [-0.3, -0.25) is 0 Å². The van der Waals surface area contributed by atoms with Crippen molar-refractivity contribution in [3.8, 4) is 34.4 Å². The number of nitrogens with zero attached hydrogens (tertiary/aromatic N) is 2. The molecule has 0 aliphatic heterocycles. The van der Waals surface area contributed by atoms with Crippen LogP contribution in [0.25, 0.3) is 22.3 Å². The van der Waals surface area contributed by atoms with Gasteiger partial charge in [-0.25, -0.2) is 0 Å². The molecule has 0 aliphatic carbocycles. The highest BCUT2D eigenvalue weighted by atomic mass is 14.7. The topological polar surface area (TPSA) is 99.6 Å². The monoisotopic (exact) mass is 444 g/mol. The Morgan fingerprint density at radius 3 is 1.24 bits per heavy atom. The molecule has 4 heteroatoms. The lowest BCUT2D eigenvalue weighted by Gasteiger charge is -2.12. The fourth-order valence-corrected chi connectivity index (χ4v) is 4.00. The summed E-state index contributed by atoms with van der Waals surface area (Å²) < 4.78 is 0. The van der Waals surface area contributed by atoms with Crippen molar-refractivity contribution >= 4 is 0 Å². The molecule has 4 aromatic rings. The van der Waals surface area contributed by atoms with Crippen LogP contribution in [0.1, 0.15) is 33.4 Å². The van der Waals surface area contributed by atoms with Crippen molar-refractivity contribution < 1.29 is 0 Å². The first-order chi connectivity index (χ1) is 16.5. The number of rotatable bonds is 4. The Morgan fingerprint density at radius 2 is 0.941 bits per heavy atom. The molecule has 0 atom stereocenters. The van der Waals surface area contributed by atoms with Crippen LogP contribution in [0.3, 0.4) is 0 Å². The maximum Gasteiger partial charge on any atom is 0.0991 e. The molecule has 34 heavy (non-hydrogen) atoms. The summed E-state index contributed by atoms with van der Waals surface area (Å²) >= 11 is 0. The van der Waals surface area contributed by atoms with E-state index >= 15 is 0 Å². The van der Waals surface area contributed by atoms with Gasteiger partial charge in [0.15, 0.2) is 0 Å². The predicted octanol–water partition coefficient (Wildman–Crippen LogP) is 5.83. The lowest BCUT2D eigenvalue weighted by atomic mass is 9.93. The molecule has 4 rings (SSSR count). The van der Waals surface area contributed by atoms with Crippen molar-refractivity contribution in [3.05, 3.63) is 118 Å². The van der Waals surface area contributed by atoms with Crippen molar-refractivity contribution in [2.75, 3.05) is 6.67 Å². The van der Waals surface area contributed by atoms with Crippen LogP contribution in [-0.4, -0.2) is 6.67 Å². The van der Waals surface area contributed by atoms with Crippen LogP contribution in [0, 0.1) is 36.5 Å². The van der Waals surface area contributed by atoms with Gasteiger partial charge in [0.25, 0.3) is 0 Å². The van der Waals surface area contributed by atoms with Crippen LogP contribution in [0.4, 0.5) is 0 Å². The molecule has 0 saturated carbocycles. The summed E-state index contributed by atoms with van der Waals surface area (Å²) in [6.07, 6.45) is 0.878. The zero-order valence-electron chi connectivity index (χ0n) is 19.5. The van der Waals surface area contributed by atoms with Crippen LogP contribution in [0.2, 0.25) is 0 Å². The number of hydrogen-bond donors (Lipinski definition) is 2. The van der Waals surface area contributed by atoms with Crippen molar-refractivity contribution in [1.29, 1.82) is 10.5 Å². The smallest absolute Gasteiger partial charge is 0.0991 e. The molecule has 4 aromatic carbocycles. The summed E-state index contributed by atoms with van der Waals surface area (Å²) in [6, 6.07) is 33.0. The largest absolute Gasteiger partial charge is 0.319 e. The Bertz CT molecular complexity index is 1230. The Labute approximate surface area is 201 Å². The Morgan fingerprint density at radius 1 is 0.588 bits per heavy atom. The van der Waals surface area contributed by atoms with E-state index in [1.54, 1.807) is 0 Å². The van der Waals surface area contributed by atoms with Gasteiger partial charge in [-0.05, 0) is 89.0 Å². The van der Waals surface area contributed by atoms with Gasteiger partial charge in [0.1, 0.15) is 0 Å². The fraction of sp³-hybridized carbons (Fsp3) is 0.133. The SMILES string of the molecule is Cc1cc(Cc2ccc(-c3ccc(C#N)cc3)c(C)c2)ccc1-c1ccc(C#N)cc1.NCN. The van der Waals surface area contributed by atoms with E-state index in [9.17, 15) is 0 Å². The average molecular weight is 445 g/mol. The van der Waals surface area contributed by atoms with Gasteiger partial charge < -0.3 is 11.5 Å². The molecule has 0 heterocycles. The van der Waals surface area contributed by atoms with E-state index in [0.717, 1.165) is 17.5 Å². The molecule has 0 radical (unpaired) electrons. The second kappa shape index (κ2) is 11.6. The minimum Gasteiger partial charge on any atom is -0.319 e. The average Bonchev–Trinajstić information content (AvgIpc) is 2.85. The molecule has 4 N–H and O–H groups in total. The minimum absolute atomic E-state index is 0.250. The maximum absolute atomic E-state index is 8.99. The van der Waals surface area contributed by atoms with Gasteiger partial charge in [-0.2, -0.15) is 10.5 Å². The molecular weight excluding hydrogens is 416 g/mol. The van der Waals surface area contributed by atoms with Crippen LogP contribution in [-0.2, 0) is 6.42 Å². The van der Waals surface area contributed by atoms with Crippen LogP contribution in [0.15, 0.2) is 84.9 Å². The summed E-state index contributed by atoms with van der Waals surface area (Å²) in [6.45, 7) is 4.52. The van der Waals surface area contributed by atoms with E-state index in [1.165, 1.54) is 33.4 Å². The highest BCUT2D eigenvalue weighted by Gasteiger charge is 2.07. The molecule has 0 unspecified atom stereocenters. The fourth-order valence-electron chi connectivity index (χ4n) is 4.00. The van der Waals surface area contributed by atoms with E-state index < -0.39 is 0 Å². The molecule has 0 bridgehead atoms. The standard InChI is InChI=1S/C29H22N2.CH6N2/c1-20-15-24(7-13-28(20)26-9-3-22(18-30)4-10-26)17-25-8-14-29(21(2)16-25)27-11-5-23(19-31)6-12-27;2-1-3/h3-16H,17H2,1-2H3;1-3H2. The van der Waals surface area contributed by atoms with Gasteiger partial charge in [-0.15, -0.1) is 0 Å². The quantitative estimate of drug-likeness (QED) is 0.387. The third kappa shape index (κ3) is 5.97.